The van der Waals surface area contributed by atoms with Gasteiger partial charge in [-0.2, -0.15) is 0 Å². The fourth-order valence-corrected chi connectivity index (χ4v) is 3.43. The van der Waals surface area contributed by atoms with E-state index in [2.05, 4.69) is 19.2 Å². The average molecular weight is 276 g/mol. The Hall–Kier alpha value is -1.58. The van der Waals surface area contributed by atoms with Crippen LogP contribution in [0.1, 0.15) is 46.0 Å². The smallest absolute Gasteiger partial charge is 0.269 e. The van der Waals surface area contributed by atoms with Crippen molar-refractivity contribution in [1.29, 1.82) is 0 Å². The number of nitro groups is 1. The molecule has 1 saturated carbocycles. The maximum atomic E-state index is 10.6. The van der Waals surface area contributed by atoms with E-state index < -0.39 is 0 Å². The van der Waals surface area contributed by atoms with Gasteiger partial charge in [0.1, 0.15) is 0 Å². The summed E-state index contributed by atoms with van der Waals surface area (Å²) >= 11 is 0. The molecule has 0 heterocycles. The highest BCUT2D eigenvalue weighted by Crippen LogP contribution is 2.43. The molecule has 0 amide bonds. The van der Waals surface area contributed by atoms with Crippen molar-refractivity contribution in [2.75, 3.05) is 11.9 Å². The Labute approximate surface area is 120 Å². The second-order valence-electron chi connectivity index (χ2n) is 6.46. The lowest BCUT2D eigenvalue weighted by Crippen LogP contribution is -2.28. The number of hydrogen-bond acceptors (Lipinski definition) is 3. The molecular weight excluding hydrogens is 252 g/mol. The molecule has 0 bridgehead atoms. The summed E-state index contributed by atoms with van der Waals surface area (Å²) in [7, 11) is 0. The minimum absolute atomic E-state index is 0.147. The summed E-state index contributed by atoms with van der Waals surface area (Å²) in [5.41, 5.74) is 1.54. The second-order valence-corrected chi connectivity index (χ2v) is 6.46. The molecule has 0 aromatic heterocycles. The van der Waals surface area contributed by atoms with Gasteiger partial charge in [0.15, 0.2) is 0 Å². The minimum atomic E-state index is -0.360. The number of hydrogen-bond donors (Lipinski definition) is 1. The fourth-order valence-electron chi connectivity index (χ4n) is 3.43. The second kappa shape index (κ2) is 6.25. The molecule has 0 radical (unpaired) electrons. The lowest BCUT2D eigenvalue weighted by atomic mass is 9.78. The number of nitro benzene ring substituents is 1. The van der Waals surface area contributed by atoms with Gasteiger partial charge >= 0.3 is 0 Å². The number of benzene rings is 1. The van der Waals surface area contributed by atoms with E-state index in [1.165, 1.54) is 32.1 Å². The molecule has 1 fully saturated rings. The Kier molecular flexibility index (Phi) is 4.63. The van der Waals surface area contributed by atoms with Crippen LogP contribution in [0.2, 0.25) is 0 Å². The zero-order chi connectivity index (χ0) is 14.6. The number of non-ortho nitro benzene ring substituents is 1. The monoisotopic (exact) mass is 276 g/mol. The standard InChI is InChI=1S/C16H24N2O2/c1-13(2)11-16(9-3-4-10-16)12-17-14-5-7-15(8-6-14)18(19)20/h5-8,13,17H,3-4,9-12H2,1-2H3. The first kappa shape index (κ1) is 14.8. The highest BCUT2D eigenvalue weighted by molar-refractivity contribution is 5.48. The highest BCUT2D eigenvalue weighted by atomic mass is 16.6. The molecule has 20 heavy (non-hydrogen) atoms. The van der Waals surface area contributed by atoms with Crippen molar-refractivity contribution in [3.8, 4) is 0 Å². The van der Waals surface area contributed by atoms with Crippen molar-refractivity contribution in [2.45, 2.75) is 46.0 Å². The van der Waals surface area contributed by atoms with Gasteiger partial charge in [-0.3, -0.25) is 10.1 Å². The molecule has 1 aliphatic rings. The van der Waals surface area contributed by atoms with Gasteiger partial charge < -0.3 is 5.32 Å². The molecule has 1 N–H and O–H groups in total. The van der Waals surface area contributed by atoms with Crippen LogP contribution in [0.3, 0.4) is 0 Å². The average Bonchev–Trinajstić information content (AvgIpc) is 2.85. The van der Waals surface area contributed by atoms with Crippen LogP contribution in [0.4, 0.5) is 11.4 Å². The Morgan fingerprint density at radius 3 is 2.35 bits per heavy atom. The predicted octanol–water partition coefficient (Wildman–Crippen LogP) is 4.61. The van der Waals surface area contributed by atoms with E-state index in [-0.39, 0.29) is 10.6 Å². The number of nitrogens with one attached hydrogen (secondary N) is 1. The van der Waals surface area contributed by atoms with E-state index in [0.717, 1.165) is 12.2 Å². The van der Waals surface area contributed by atoms with E-state index in [0.29, 0.717) is 11.3 Å². The van der Waals surface area contributed by atoms with Gasteiger partial charge in [0, 0.05) is 24.4 Å². The highest BCUT2D eigenvalue weighted by Gasteiger charge is 2.34. The van der Waals surface area contributed by atoms with Gasteiger partial charge in [-0.25, -0.2) is 0 Å². The number of rotatable bonds is 6. The molecule has 2 rings (SSSR count). The summed E-state index contributed by atoms with van der Waals surface area (Å²) in [4.78, 5) is 10.3. The molecule has 4 heteroatoms. The van der Waals surface area contributed by atoms with E-state index in [4.69, 9.17) is 0 Å². The van der Waals surface area contributed by atoms with Crippen molar-refractivity contribution >= 4 is 11.4 Å². The van der Waals surface area contributed by atoms with Crippen LogP contribution in [0.25, 0.3) is 0 Å². The van der Waals surface area contributed by atoms with E-state index in [1.54, 1.807) is 24.3 Å². The van der Waals surface area contributed by atoms with Crippen molar-refractivity contribution in [3.05, 3.63) is 34.4 Å². The largest absolute Gasteiger partial charge is 0.384 e. The molecule has 0 unspecified atom stereocenters. The lowest BCUT2D eigenvalue weighted by molar-refractivity contribution is -0.384. The van der Waals surface area contributed by atoms with Gasteiger partial charge in [-0.15, -0.1) is 0 Å². The zero-order valence-electron chi connectivity index (χ0n) is 12.4. The Balaban J connectivity index is 1.97. The van der Waals surface area contributed by atoms with Crippen LogP contribution >= 0.6 is 0 Å². The maximum absolute atomic E-state index is 10.6. The lowest BCUT2D eigenvalue weighted by Gasteiger charge is -2.31. The topological polar surface area (TPSA) is 55.2 Å². The van der Waals surface area contributed by atoms with Crippen LogP contribution in [0.15, 0.2) is 24.3 Å². The maximum Gasteiger partial charge on any atom is 0.269 e. The van der Waals surface area contributed by atoms with Crippen molar-refractivity contribution in [2.24, 2.45) is 11.3 Å². The Morgan fingerprint density at radius 2 is 1.85 bits per heavy atom. The molecular formula is C16H24N2O2. The van der Waals surface area contributed by atoms with Gasteiger partial charge in [-0.05, 0) is 42.7 Å². The Bertz CT molecular complexity index is 448. The van der Waals surface area contributed by atoms with Gasteiger partial charge in [-0.1, -0.05) is 26.7 Å². The fraction of sp³-hybridized carbons (Fsp3) is 0.625. The summed E-state index contributed by atoms with van der Waals surface area (Å²) in [6.07, 6.45) is 6.51. The minimum Gasteiger partial charge on any atom is -0.384 e. The van der Waals surface area contributed by atoms with E-state index in [1.807, 2.05) is 0 Å². The summed E-state index contributed by atoms with van der Waals surface area (Å²) in [6.45, 7) is 5.54. The number of anilines is 1. The molecule has 0 saturated heterocycles. The van der Waals surface area contributed by atoms with Crippen LogP contribution in [-0.4, -0.2) is 11.5 Å². The van der Waals surface area contributed by atoms with Crippen LogP contribution in [0.5, 0.6) is 0 Å². The summed E-state index contributed by atoms with van der Waals surface area (Å²) in [6, 6.07) is 6.73. The third kappa shape index (κ3) is 3.71. The van der Waals surface area contributed by atoms with Crippen LogP contribution in [-0.2, 0) is 0 Å². The Morgan fingerprint density at radius 1 is 1.25 bits per heavy atom. The summed E-state index contributed by atoms with van der Waals surface area (Å²) < 4.78 is 0. The van der Waals surface area contributed by atoms with E-state index >= 15 is 0 Å². The first-order valence-corrected chi connectivity index (χ1v) is 7.49. The van der Waals surface area contributed by atoms with Crippen LogP contribution < -0.4 is 5.32 Å². The zero-order valence-corrected chi connectivity index (χ0v) is 12.4. The molecule has 1 aromatic rings. The van der Waals surface area contributed by atoms with Gasteiger partial charge in [0.05, 0.1) is 4.92 Å². The van der Waals surface area contributed by atoms with Crippen LogP contribution in [0, 0.1) is 21.4 Å². The van der Waals surface area contributed by atoms with Crippen molar-refractivity contribution < 1.29 is 4.92 Å². The third-order valence-corrected chi connectivity index (χ3v) is 4.25. The molecule has 1 aliphatic carbocycles. The van der Waals surface area contributed by atoms with E-state index in [9.17, 15) is 10.1 Å². The first-order valence-electron chi connectivity index (χ1n) is 7.49. The predicted molar refractivity (Wildman–Crippen MR) is 81.9 cm³/mol. The molecule has 0 spiro atoms. The molecule has 0 aliphatic heterocycles. The SMILES string of the molecule is CC(C)CC1(CNc2ccc([N+](=O)[O-])cc2)CCCC1. The van der Waals surface area contributed by atoms with Crippen molar-refractivity contribution in [3.63, 3.8) is 0 Å². The first-order chi connectivity index (χ1) is 9.51. The third-order valence-electron chi connectivity index (χ3n) is 4.25. The number of nitrogens with zero attached hydrogens (tertiary/aromatic N) is 1. The van der Waals surface area contributed by atoms with Crippen molar-refractivity contribution in [1.82, 2.24) is 0 Å². The summed E-state index contributed by atoms with van der Waals surface area (Å²) in [5, 5.41) is 14.1. The molecule has 4 nitrogen and oxygen atoms in total. The molecule has 110 valence electrons. The normalized spacial score (nSPS) is 17.4. The van der Waals surface area contributed by atoms with Gasteiger partial charge in [0.2, 0.25) is 0 Å². The quantitative estimate of drug-likeness (QED) is 0.609. The molecule has 1 aromatic carbocycles. The summed E-state index contributed by atoms with van der Waals surface area (Å²) in [5.74, 6) is 0.715. The van der Waals surface area contributed by atoms with Gasteiger partial charge in [0.25, 0.3) is 5.69 Å². The molecule has 0 atom stereocenters.